The van der Waals surface area contributed by atoms with Crippen LogP contribution in [-0.4, -0.2) is 41.5 Å². The van der Waals surface area contributed by atoms with Crippen molar-refractivity contribution in [1.82, 2.24) is 4.31 Å². The molecule has 0 spiro atoms. The van der Waals surface area contributed by atoms with Crippen LogP contribution in [0.2, 0.25) is 0 Å². The molecule has 0 aliphatic carbocycles. The molecule has 2 rings (SSSR count). The molecule has 1 fully saturated rings. The Bertz CT molecular complexity index is 441. The summed E-state index contributed by atoms with van der Waals surface area (Å²) in [7, 11) is -4.17. The Kier molecular flexibility index (Phi) is 3.24. The van der Waals surface area contributed by atoms with E-state index in [0.717, 1.165) is 0 Å². The highest BCUT2D eigenvalue weighted by atomic mass is 32.2. The van der Waals surface area contributed by atoms with E-state index in [0.29, 0.717) is 28.8 Å². The molecule has 1 aliphatic heterocycles. The zero-order valence-corrected chi connectivity index (χ0v) is 10.4. The Morgan fingerprint density at radius 1 is 1.33 bits per heavy atom. The van der Waals surface area contributed by atoms with Crippen molar-refractivity contribution >= 4 is 32.2 Å². The molecular formula is C8H11NO3S3. The molecule has 1 saturated heterocycles. The molecule has 84 valence electrons. The van der Waals surface area contributed by atoms with E-state index in [1.54, 1.807) is 17.5 Å². The summed E-state index contributed by atoms with van der Waals surface area (Å²) >= 11 is 1.22. The molecule has 0 aromatic carbocycles. The van der Waals surface area contributed by atoms with Crippen molar-refractivity contribution in [3.8, 4) is 0 Å². The Labute approximate surface area is 95.4 Å². The lowest BCUT2D eigenvalue weighted by molar-refractivity contribution is 0.440. The van der Waals surface area contributed by atoms with Gasteiger partial charge in [-0.25, -0.2) is 8.42 Å². The molecule has 15 heavy (non-hydrogen) atoms. The maximum atomic E-state index is 12.0. The Morgan fingerprint density at radius 3 is 2.53 bits per heavy atom. The lowest BCUT2D eigenvalue weighted by Crippen LogP contribution is -2.41. The Balaban J connectivity index is 2.20. The van der Waals surface area contributed by atoms with Gasteiger partial charge in [0.15, 0.2) is 0 Å². The zero-order chi connectivity index (χ0) is 10.9. The maximum Gasteiger partial charge on any atom is 0.252 e. The minimum Gasteiger partial charge on any atom is -0.259 e. The van der Waals surface area contributed by atoms with Crippen molar-refractivity contribution in [3.05, 3.63) is 17.5 Å². The summed E-state index contributed by atoms with van der Waals surface area (Å²) in [4.78, 5) is 0. The highest BCUT2D eigenvalue weighted by Gasteiger charge is 2.28. The third-order valence-electron chi connectivity index (χ3n) is 2.23. The van der Waals surface area contributed by atoms with Gasteiger partial charge in [0.05, 0.1) is 0 Å². The summed E-state index contributed by atoms with van der Waals surface area (Å²) in [6.07, 6.45) is 0. The van der Waals surface area contributed by atoms with E-state index in [1.165, 1.54) is 15.6 Å². The van der Waals surface area contributed by atoms with Crippen molar-refractivity contribution in [2.24, 2.45) is 0 Å². The van der Waals surface area contributed by atoms with Crippen LogP contribution in [-0.2, 0) is 20.8 Å². The highest BCUT2D eigenvalue weighted by molar-refractivity contribution is 7.91. The predicted molar refractivity (Wildman–Crippen MR) is 61.0 cm³/mol. The van der Waals surface area contributed by atoms with Crippen LogP contribution in [0.25, 0.3) is 0 Å². The largest absolute Gasteiger partial charge is 0.259 e. The SMILES string of the molecule is O=S1CCN(S(=O)(=O)c2cccs2)CC1. The van der Waals surface area contributed by atoms with Gasteiger partial charge in [-0.15, -0.1) is 11.3 Å². The van der Waals surface area contributed by atoms with Crippen molar-refractivity contribution in [2.75, 3.05) is 24.6 Å². The third kappa shape index (κ3) is 2.30. The average Bonchev–Trinajstić information content (AvgIpc) is 2.71. The van der Waals surface area contributed by atoms with E-state index in [-0.39, 0.29) is 0 Å². The number of hydrogen-bond donors (Lipinski definition) is 0. The molecule has 4 nitrogen and oxygen atoms in total. The van der Waals surface area contributed by atoms with Gasteiger partial charge in [0, 0.05) is 35.4 Å². The minimum absolute atomic E-state index is 0.368. The first-order chi connectivity index (χ1) is 7.10. The maximum absolute atomic E-state index is 12.0. The topological polar surface area (TPSA) is 54.5 Å². The highest BCUT2D eigenvalue weighted by Crippen LogP contribution is 2.21. The van der Waals surface area contributed by atoms with Crippen LogP contribution in [0, 0.1) is 0 Å². The molecule has 7 heteroatoms. The Morgan fingerprint density at radius 2 is 2.00 bits per heavy atom. The van der Waals surface area contributed by atoms with E-state index < -0.39 is 20.8 Å². The van der Waals surface area contributed by atoms with Crippen LogP contribution in [0.15, 0.2) is 21.7 Å². The molecule has 2 heterocycles. The van der Waals surface area contributed by atoms with Gasteiger partial charge in [0.25, 0.3) is 10.0 Å². The number of sulfonamides is 1. The molecule has 0 atom stereocenters. The fourth-order valence-corrected chi connectivity index (χ4v) is 5.27. The minimum atomic E-state index is -3.32. The van der Waals surface area contributed by atoms with Crippen molar-refractivity contribution in [1.29, 1.82) is 0 Å². The smallest absolute Gasteiger partial charge is 0.252 e. The van der Waals surface area contributed by atoms with Crippen molar-refractivity contribution in [3.63, 3.8) is 0 Å². The third-order valence-corrected chi connectivity index (χ3v) is 6.77. The van der Waals surface area contributed by atoms with Crippen LogP contribution in [0.4, 0.5) is 0 Å². The molecule has 0 unspecified atom stereocenters. The zero-order valence-electron chi connectivity index (χ0n) is 7.96. The van der Waals surface area contributed by atoms with Gasteiger partial charge in [0.1, 0.15) is 4.21 Å². The van der Waals surface area contributed by atoms with Crippen LogP contribution in [0.1, 0.15) is 0 Å². The predicted octanol–water partition coefficient (Wildman–Crippen LogP) is 0.501. The van der Waals surface area contributed by atoms with Gasteiger partial charge in [-0.05, 0) is 11.4 Å². The lowest BCUT2D eigenvalue weighted by atomic mass is 10.6. The van der Waals surface area contributed by atoms with Crippen LogP contribution in [0.5, 0.6) is 0 Å². The normalized spacial score (nSPS) is 20.5. The number of nitrogens with zero attached hydrogens (tertiary/aromatic N) is 1. The molecule has 0 radical (unpaired) electrons. The fourth-order valence-electron chi connectivity index (χ4n) is 1.40. The molecule has 1 aromatic rings. The molecule has 0 bridgehead atoms. The van der Waals surface area contributed by atoms with E-state index in [4.69, 9.17) is 0 Å². The molecule has 1 aliphatic rings. The van der Waals surface area contributed by atoms with Crippen LogP contribution >= 0.6 is 11.3 Å². The number of hydrogen-bond acceptors (Lipinski definition) is 4. The van der Waals surface area contributed by atoms with E-state index in [2.05, 4.69) is 0 Å². The number of rotatable bonds is 2. The summed E-state index contributed by atoms with van der Waals surface area (Å²) in [5.74, 6) is 0.898. The number of thiophene rings is 1. The van der Waals surface area contributed by atoms with Crippen LogP contribution < -0.4 is 0 Å². The second-order valence-electron chi connectivity index (χ2n) is 3.18. The van der Waals surface area contributed by atoms with Gasteiger partial charge in [-0.2, -0.15) is 4.31 Å². The van der Waals surface area contributed by atoms with Gasteiger partial charge in [-0.3, -0.25) is 4.21 Å². The van der Waals surface area contributed by atoms with Crippen molar-refractivity contribution in [2.45, 2.75) is 4.21 Å². The standard InChI is InChI=1S/C8H11NO3S3/c10-14-6-3-9(4-7-14)15(11,12)8-2-1-5-13-8/h1-2,5H,3-4,6-7H2. The van der Waals surface area contributed by atoms with E-state index in [1.807, 2.05) is 0 Å². The average molecular weight is 265 g/mol. The molecule has 1 aromatic heterocycles. The first-order valence-electron chi connectivity index (χ1n) is 4.49. The molecule has 0 N–H and O–H groups in total. The summed E-state index contributed by atoms with van der Waals surface area (Å²) in [5.41, 5.74) is 0. The van der Waals surface area contributed by atoms with E-state index in [9.17, 15) is 12.6 Å². The first kappa shape index (κ1) is 11.3. The summed E-state index contributed by atoms with van der Waals surface area (Å²) in [6, 6.07) is 3.32. The molecular weight excluding hydrogens is 254 g/mol. The summed E-state index contributed by atoms with van der Waals surface area (Å²) in [5, 5.41) is 1.75. The summed E-state index contributed by atoms with van der Waals surface area (Å²) in [6.45, 7) is 0.736. The van der Waals surface area contributed by atoms with Gasteiger partial charge >= 0.3 is 0 Å². The monoisotopic (exact) mass is 265 g/mol. The van der Waals surface area contributed by atoms with Gasteiger partial charge in [0.2, 0.25) is 0 Å². The molecule has 0 saturated carbocycles. The van der Waals surface area contributed by atoms with Crippen LogP contribution in [0.3, 0.4) is 0 Å². The summed E-state index contributed by atoms with van der Waals surface area (Å²) < 4.78 is 36.9. The van der Waals surface area contributed by atoms with E-state index >= 15 is 0 Å². The fraction of sp³-hybridized carbons (Fsp3) is 0.500. The second kappa shape index (κ2) is 4.32. The van der Waals surface area contributed by atoms with Gasteiger partial charge in [-0.1, -0.05) is 6.07 Å². The quantitative estimate of drug-likeness (QED) is 0.782. The first-order valence-corrected chi connectivity index (χ1v) is 8.30. The second-order valence-corrected chi connectivity index (χ2v) is 7.99. The van der Waals surface area contributed by atoms with Gasteiger partial charge < -0.3 is 0 Å². The van der Waals surface area contributed by atoms with Crippen molar-refractivity contribution < 1.29 is 12.6 Å². The molecule has 0 amide bonds. The lowest BCUT2D eigenvalue weighted by Gasteiger charge is -2.24. The Hall–Kier alpha value is -0.240.